The van der Waals surface area contributed by atoms with Crippen LogP contribution in [0.4, 0.5) is 0 Å². The molecule has 2 N–H and O–H groups in total. The van der Waals surface area contributed by atoms with Gasteiger partial charge in [-0.2, -0.15) is 0 Å². The molecule has 0 heterocycles. The Morgan fingerprint density at radius 2 is 2.17 bits per heavy atom. The zero-order chi connectivity index (χ0) is 13.0. The summed E-state index contributed by atoms with van der Waals surface area (Å²) in [6.45, 7) is 5.04. The monoisotopic (exact) mass is 247 g/mol. The molecule has 1 aliphatic rings. The van der Waals surface area contributed by atoms with Gasteiger partial charge in [0.05, 0.1) is 6.10 Å². The Kier molecular flexibility index (Phi) is 4.79. The summed E-state index contributed by atoms with van der Waals surface area (Å²) in [5.41, 5.74) is 8.93. The lowest BCUT2D eigenvalue weighted by molar-refractivity contribution is -0.0280. The fraction of sp³-hybridized carbons (Fsp3) is 0.625. The first-order valence-electron chi connectivity index (χ1n) is 7.10. The largest absolute Gasteiger partial charge is 0.378 e. The van der Waals surface area contributed by atoms with Gasteiger partial charge in [0, 0.05) is 12.6 Å². The minimum atomic E-state index is 0.291. The predicted octanol–water partition coefficient (Wildman–Crippen LogP) is 3.07. The van der Waals surface area contributed by atoms with Crippen molar-refractivity contribution in [3.05, 3.63) is 35.4 Å². The maximum atomic E-state index is 6.24. The highest BCUT2D eigenvalue weighted by Crippen LogP contribution is 2.33. The number of ether oxygens (including phenoxy) is 1. The van der Waals surface area contributed by atoms with E-state index >= 15 is 0 Å². The molecule has 1 saturated carbocycles. The topological polar surface area (TPSA) is 35.2 Å². The molecule has 2 heteroatoms. The molecule has 0 spiro atoms. The molecule has 0 aliphatic heterocycles. The zero-order valence-electron chi connectivity index (χ0n) is 11.6. The van der Waals surface area contributed by atoms with Gasteiger partial charge in [0.1, 0.15) is 0 Å². The second-order valence-corrected chi connectivity index (χ2v) is 5.60. The van der Waals surface area contributed by atoms with E-state index in [-0.39, 0.29) is 0 Å². The Morgan fingerprint density at radius 1 is 1.39 bits per heavy atom. The Labute approximate surface area is 111 Å². The molecule has 1 unspecified atom stereocenters. The van der Waals surface area contributed by atoms with E-state index in [1.807, 2.05) is 0 Å². The SMILES string of the molecule is CCOC1CC(CC(N)Cc2cccc(C)c2)C1. The molecule has 0 aromatic heterocycles. The van der Waals surface area contributed by atoms with Crippen LogP contribution in [-0.4, -0.2) is 18.8 Å². The van der Waals surface area contributed by atoms with Gasteiger partial charge in [0.15, 0.2) is 0 Å². The maximum Gasteiger partial charge on any atom is 0.0580 e. The molecule has 0 amide bonds. The molecule has 0 radical (unpaired) electrons. The molecule has 1 aromatic rings. The van der Waals surface area contributed by atoms with E-state index in [1.54, 1.807) is 0 Å². The first kappa shape index (κ1) is 13.6. The summed E-state index contributed by atoms with van der Waals surface area (Å²) >= 11 is 0. The summed E-state index contributed by atoms with van der Waals surface area (Å²) < 4.78 is 5.58. The first-order chi connectivity index (χ1) is 8.67. The first-order valence-corrected chi connectivity index (χ1v) is 7.10. The standard InChI is InChI=1S/C16H25NO/c1-3-18-16-10-14(11-16)9-15(17)8-13-6-4-5-12(2)7-13/h4-7,14-16H,3,8-11,17H2,1-2H3. The van der Waals surface area contributed by atoms with Crippen molar-refractivity contribution in [2.75, 3.05) is 6.61 Å². The van der Waals surface area contributed by atoms with Crippen molar-refractivity contribution in [3.63, 3.8) is 0 Å². The van der Waals surface area contributed by atoms with E-state index in [4.69, 9.17) is 10.5 Å². The molecule has 100 valence electrons. The van der Waals surface area contributed by atoms with Crippen molar-refractivity contribution in [2.45, 2.75) is 51.7 Å². The number of aryl methyl sites for hydroxylation is 1. The van der Waals surface area contributed by atoms with Crippen LogP contribution in [0.15, 0.2) is 24.3 Å². The summed E-state index contributed by atoms with van der Waals surface area (Å²) in [4.78, 5) is 0. The molecular weight excluding hydrogens is 222 g/mol. The van der Waals surface area contributed by atoms with E-state index in [0.29, 0.717) is 12.1 Å². The molecule has 1 atom stereocenters. The Bertz CT molecular complexity index is 371. The third kappa shape index (κ3) is 3.82. The van der Waals surface area contributed by atoms with E-state index in [1.165, 1.54) is 24.0 Å². The van der Waals surface area contributed by atoms with Crippen LogP contribution in [0.25, 0.3) is 0 Å². The normalized spacial score (nSPS) is 24.6. The quantitative estimate of drug-likeness (QED) is 0.838. The highest BCUT2D eigenvalue weighted by atomic mass is 16.5. The average molecular weight is 247 g/mol. The second kappa shape index (κ2) is 6.35. The van der Waals surface area contributed by atoms with Gasteiger partial charge >= 0.3 is 0 Å². The molecule has 18 heavy (non-hydrogen) atoms. The lowest BCUT2D eigenvalue weighted by Crippen LogP contribution is -2.36. The maximum absolute atomic E-state index is 6.24. The summed E-state index contributed by atoms with van der Waals surface area (Å²) in [5, 5.41) is 0. The number of benzene rings is 1. The van der Waals surface area contributed by atoms with Crippen LogP contribution in [0.1, 0.15) is 37.3 Å². The molecule has 0 bridgehead atoms. The van der Waals surface area contributed by atoms with Crippen LogP contribution in [0.3, 0.4) is 0 Å². The third-order valence-electron chi connectivity index (χ3n) is 3.81. The van der Waals surface area contributed by atoms with Gasteiger partial charge in [-0.3, -0.25) is 0 Å². The minimum absolute atomic E-state index is 0.291. The summed E-state index contributed by atoms with van der Waals surface area (Å²) in [6, 6.07) is 8.96. The molecule has 0 saturated heterocycles. The third-order valence-corrected chi connectivity index (χ3v) is 3.81. The van der Waals surface area contributed by atoms with E-state index in [2.05, 4.69) is 38.1 Å². The highest BCUT2D eigenvalue weighted by Gasteiger charge is 2.30. The Hall–Kier alpha value is -0.860. The van der Waals surface area contributed by atoms with E-state index in [9.17, 15) is 0 Å². The van der Waals surface area contributed by atoms with Crippen LogP contribution in [0.5, 0.6) is 0 Å². The van der Waals surface area contributed by atoms with Crippen molar-refractivity contribution < 1.29 is 4.74 Å². The van der Waals surface area contributed by atoms with Crippen LogP contribution in [-0.2, 0) is 11.2 Å². The van der Waals surface area contributed by atoms with Crippen molar-refractivity contribution in [2.24, 2.45) is 11.7 Å². The van der Waals surface area contributed by atoms with E-state index in [0.717, 1.165) is 25.4 Å². The highest BCUT2D eigenvalue weighted by molar-refractivity contribution is 5.22. The Balaban J connectivity index is 1.71. The summed E-state index contributed by atoms with van der Waals surface area (Å²) in [5.74, 6) is 0.779. The average Bonchev–Trinajstić information content (AvgIpc) is 2.26. The lowest BCUT2D eigenvalue weighted by Gasteiger charge is -2.36. The number of hydrogen-bond acceptors (Lipinski definition) is 2. The summed E-state index contributed by atoms with van der Waals surface area (Å²) in [6.07, 6.45) is 5.05. The van der Waals surface area contributed by atoms with Crippen LogP contribution in [0.2, 0.25) is 0 Å². The predicted molar refractivity (Wildman–Crippen MR) is 75.6 cm³/mol. The minimum Gasteiger partial charge on any atom is -0.378 e. The Morgan fingerprint density at radius 3 is 2.83 bits per heavy atom. The van der Waals surface area contributed by atoms with Gasteiger partial charge in [-0.05, 0) is 51.0 Å². The smallest absolute Gasteiger partial charge is 0.0580 e. The number of rotatable bonds is 6. The van der Waals surface area contributed by atoms with Gasteiger partial charge in [0.2, 0.25) is 0 Å². The molecule has 1 aromatic carbocycles. The molecule has 2 rings (SSSR count). The van der Waals surface area contributed by atoms with Crippen LogP contribution in [0, 0.1) is 12.8 Å². The molecule has 2 nitrogen and oxygen atoms in total. The molecule has 1 fully saturated rings. The van der Waals surface area contributed by atoms with Crippen molar-refractivity contribution >= 4 is 0 Å². The number of nitrogens with two attached hydrogens (primary N) is 1. The number of hydrogen-bond donors (Lipinski definition) is 1. The fourth-order valence-electron chi connectivity index (χ4n) is 2.89. The zero-order valence-corrected chi connectivity index (χ0v) is 11.6. The second-order valence-electron chi connectivity index (χ2n) is 5.60. The van der Waals surface area contributed by atoms with Crippen molar-refractivity contribution in [1.82, 2.24) is 0 Å². The fourth-order valence-corrected chi connectivity index (χ4v) is 2.89. The molecule has 1 aliphatic carbocycles. The van der Waals surface area contributed by atoms with E-state index < -0.39 is 0 Å². The van der Waals surface area contributed by atoms with Gasteiger partial charge < -0.3 is 10.5 Å². The van der Waals surface area contributed by atoms with Gasteiger partial charge in [0.25, 0.3) is 0 Å². The van der Waals surface area contributed by atoms with Crippen molar-refractivity contribution in [1.29, 1.82) is 0 Å². The van der Waals surface area contributed by atoms with Crippen LogP contribution >= 0.6 is 0 Å². The molecular formula is C16H25NO. The van der Waals surface area contributed by atoms with Crippen LogP contribution < -0.4 is 5.73 Å². The van der Waals surface area contributed by atoms with Gasteiger partial charge in [-0.25, -0.2) is 0 Å². The van der Waals surface area contributed by atoms with Gasteiger partial charge in [-0.15, -0.1) is 0 Å². The summed E-state index contributed by atoms with van der Waals surface area (Å²) in [7, 11) is 0. The van der Waals surface area contributed by atoms with Crippen molar-refractivity contribution in [3.8, 4) is 0 Å². The van der Waals surface area contributed by atoms with Gasteiger partial charge in [-0.1, -0.05) is 29.8 Å². The lowest BCUT2D eigenvalue weighted by atomic mass is 9.77.